The molecule has 0 atom stereocenters. The zero-order chi connectivity index (χ0) is 23.2. The predicted molar refractivity (Wildman–Crippen MR) is 136 cm³/mol. The second kappa shape index (κ2) is 9.13. The standard InChI is InChI=1S/C30H21N2O2.Pt/c1-18-16-19(2)27(29-22(18)12-7-15-31-29)21-9-5-8-20(17-21)23-11-6-14-26-28(23)32-30(34-26)24-10-3-4-13-25(24)33;/h3-16,33H,1-2H3;/q-1;. The number of rotatable bonds is 3. The molecular formula is C30H21N2O2Pt-. The van der Waals surface area contributed by atoms with Gasteiger partial charge >= 0.3 is 0 Å². The summed E-state index contributed by atoms with van der Waals surface area (Å²) in [7, 11) is 0. The summed E-state index contributed by atoms with van der Waals surface area (Å²) in [6.45, 7) is 4.24. The van der Waals surface area contributed by atoms with Crippen molar-refractivity contribution in [2.75, 3.05) is 0 Å². The Morgan fingerprint density at radius 1 is 0.771 bits per heavy atom. The number of fused-ring (bicyclic) bond motifs is 2. The first-order valence-electron chi connectivity index (χ1n) is 11.2. The Morgan fingerprint density at radius 2 is 1.54 bits per heavy atom. The fraction of sp³-hybridized carbons (Fsp3) is 0.0667. The average molecular weight is 637 g/mol. The van der Waals surface area contributed by atoms with Crippen LogP contribution in [0.1, 0.15) is 11.1 Å². The van der Waals surface area contributed by atoms with Crippen LogP contribution in [0.2, 0.25) is 0 Å². The molecule has 0 saturated carbocycles. The van der Waals surface area contributed by atoms with Crippen molar-refractivity contribution in [1.82, 2.24) is 9.97 Å². The summed E-state index contributed by atoms with van der Waals surface area (Å²) in [5.41, 5.74) is 9.24. The molecule has 2 aromatic heterocycles. The molecule has 1 N–H and O–H groups in total. The molecule has 0 fully saturated rings. The normalized spacial score (nSPS) is 11.0. The van der Waals surface area contributed by atoms with E-state index in [0.717, 1.165) is 38.7 Å². The number of aryl methyl sites for hydroxylation is 2. The summed E-state index contributed by atoms with van der Waals surface area (Å²) < 4.78 is 6.01. The Kier molecular flexibility index (Phi) is 6.00. The van der Waals surface area contributed by atoms with Crippen LogP contribution >= 0.6 is 0 Å². The smallest absolute Gasteiger partial charge is 0.230 e. The van der Waals surface area contributed by atoms with E-state index < -0.39 is 0 Å². The van der Waals surface area contributed by atoms with Gasteiger partial charge in [-0.3, -0.25) is 4.98 Å². The first-order chi connectivity index (χ1) is 16.6. The minimum atomic E-state index is 0. The van der Waals surface area contributed by atoms with Crippen molar-refractivity contribution in [1.29, 1.82) is 0 Å². The number of hydrogen-bond donors (Lipinski definition) is 1. The quantitative estimate of drug-likeness (QED) is 0.205. The van der Waals surface area contributed by atoms with Crippen LogP contribution in [-0.2, 0) is 21.1 Å². The van der Waals surface area contributed by atoms with Crippen molar-refractivity contribution in [2.24, 2.45) is 0 Å². The number of para-hydroxylation sites is 2. The number of nitrogens with zero attached hydrogens (tertiary/aromatic N) is 2. The van der Waals surface area contributed by atoms with Crippen LogP contribution in [0.4, 0.5) is 0 Å². The largest absolute Gasteiger partial charge is 0.507 e. The molecule has 6 rings (SSSR count). The fourth-order valence-electron chi connectivity index (χ4n) is 4.63. The second-order valence-corrected chi connectivity index (χ2v) is 8.45. The maximum Gasteiger partial charge on any atom is 0.230 e. The minimum Gasteiger partial charge on any atom is -0.507 e. The van der Waals surface area contributed by atoms with Crippen molar-refractivity contribution in [2.45, 2.75) is 13.8 Å². The van der Waals surface area contributed by atoms with E-state index >= 15 is 0 Å². The van der Waals surface area contributed by atoms with Gasteiger partial charge in [-0.2, -0.15) is 0 Å². The number of hydrogen-bond acceptors (Lipinski definition) is 4. The van der Waals surface area contributed by atoms with Crippen LogP contribution in [0.5, 0.6) is 5.75 Å². The molecule has 35 heavy (non-hydrogen) atoms. The molecule has 2 heterocycles. The maximum absolute atomic E-state index is 10.3. The Morgan fingerprint density at radius 3 is 2.40 bits per heavy atom. The fourth-order valence-corrected chi connectivity index (χ4v) is 4.63. The van der Waals surface area contributed by atoms with Crippen LogP contribution in [0.3, 0.4) is 0 Å². The third-order valence-electron chi connectivity index (χ3n) is 6.20. The van der Waals surface area contributed by atoms with Gasteiger partial charge in [0.25, 0.3) is 0 Å². The number of aromatic hydroxyl groups is 1. The molecule has 6 aromatic rings. The summed E-state index contributed by atoms with van der Waals surface area (Å²) >= 11 is 0. The first kappa shape index (κ1) is 23.0. The van der Waals surface area contributed by atoms with Crippen LogP contribution in [-0.4, -0.2) is 15.1 Å². The molecule has 0 saturated heterocycles. The number of phenols is 1. The van der Waals surface area contributed by atoms with Gasteiger partial charge in [-0.1, -0.05) is 53.1 Å². The molecule has 0 amide bonds. The van der Waals surface area contributed by atoms with E-state index in [-0.39, 0.29) is 26.8 Å². The van der Waals surface area contributed by atoms with Crippen molar-refractivity contribution >= 4 is 22.0 Å². The number of aromatic nitrogens is 2. The Balaban J connectivity index is 0.00000253. The van der Waals surface area contributed by atoms with E-state index in [1.807, 2.05) is 48.7 Å². The first-order valence-corrected chi connectivity index (χ1v) is 11.2. The molecule has 5 heteroatoms. The van der Waals surface area contributed by atoms with Gasteiger partial charge in [0.05, 0.1) is 11.1 Å². The molecule has 0 aliphatic carbocycles. The third-order valence-corrected chi connectivity index (χ3v) is 6.20. The second-order valence-electron chi connectivity index (χ2n) is 8.45. The number of oxazole rings is 1. The van der Waals surface area contributed by atoms with Crippen LogP contribution in [0, 0.1) is 19.9 Å². The van der Waals surface area contributed by atoms with Gasteiger partial charge in [0.2, 0.25) is 5.89 Å². The van der Waals surface area contributed by atoms with E-state index in [0.29, 0.717) is 17.0 Å². The number of pyridine rings is 1. The Bertz CT molecular complexity index is 1700. The molecule has 0 unspecified atom stereocenters. The van der Waals surface area contributed by atoms with Crippen molar-refractivity contribution in [3.63, 3.8) is 0 Å². The topological polar surface area (TPSA) is 59.2 Å². The van der Waals surface area contributed by atoms with Crippen molar-refractivity contribution in [3.8, 4) is 39.5 Å². The monoisotopic (exact) mass is 636 g/mol. The van der Waals surface area contributed by atoms with Crippen molar-refractivity contribution < 1.29 is 30.6 Å². The molecule has 0 bridgehead atoms. The Labute approximate surface area is 217 Å². The van der Waals surface area contributed by atoms with Gasteiger partial charge in [0.1, 0.15) is 11.3 Å². The maximum atomic E-state index is 10.3. The van der Waals surface area contributed by atoms with Gasteiger partial charge in [0, 0.05) is 32.8 Å². The van der Waals surface area contributed by atoms with Gasteiger partial charge in [-0.15, -0.1) is 35.4 Å². The van der Waals surface area contributed by atoms with Gasteiger partial charge in [-0.25, -0.2) is 4.98 Å². The predicted octanol–water partition coefficient (Wildman–Crippen LogP) is 7.50. The zero-order valence-corrected chi connectivity index (χ0v) is 21.4. The molecule has 0 aliphatic heterocycles. The molecule has 0 spiro atoms. The van der Waals surface area contributed by atoms with Gasteiger partial charge in [0.15, 0.2) is 0 Å². The minimum absolute atomic E-state index is 0. The third kappa shape index (κ3) is 3.94. The van der Waals surface area contributed by atoms with E-state index in [4.69, 9.17) is 14.4 Å². The molecular weight excluding hydrogens is 615 g/mol. The molecule has 0 aliphatic rings. The van der Waals surface area contributed by atoms with Crippen molar-refractivity contribution in [3.05, 3.63) is 102 Å². The zero-order valence-electron chi connectivity index (χ0n) is 19.1. The molecule has 4 nitrogen and oxygen atoms in total. The summed E-state index contributed by atoms with van der Waals surface area (Å²) in [6, 6.07) is 29.0. The Hall–Kier alpha value is -3.75. The van der Waals surface area contributed by atoms with Crippen LogP contribution < -0.4 is 0 Å². The molecule has 0 radical (unpaired) electrons. The molecule has 4 aromatic carbocycles. The van der Waals surface area contributed by atoms with Crippen LogP contribution in [0.25, 0.3) is 55.7 Å². The number of phenolic OH excluding ortho intramolecular Hbond substituents is 1. The van der Waals surface area contributed by atoms with Gasteiger partial charge in [-0.05, 0) is 49.1 Å². The average Bonchev–Trinajstić information content (AvgIpc) is 3.29. The summed E-state index contributed by atoms with van der Waals surface area (Å²) in [5, 5.41) is 11.4. The number of benzene rings is 4. The van der Waals surface area contributed by atoms with Crippen LogP contribution in [0.15, 0.2) is 89.5 Å². The van der Waals surface area contributed by atoms with E-state index in [9.17, 15) is 5.11 Å². The van der Waals surface area contributed by atoms with Gasteiger partial charge < -0.3 is 9.52 Å². The van der Waals surface area contributed by atoms with E-state index in [2.05, 4.69) is 38.1 Å². The SMILES string of the molecule is Cc1cc(C)c2cccnc2c1-c1[c-]c(-c2cccc3oc(-c4ccccc4O)nc23)ccc1.[Pt]. The van der Waals surface area contributed by atoms with E-state index in [1.165, 1.54) is 11.1 Å². The summed E-state index contributed by atoms with van der Waals surface area (Å²) in [5.74, 6) is 0.527. The molecule has 174 valence electrons. The summed E-state index contributed by atoms with van der Waals surface area (Å²) in [4.78, 5) is 9.45. The van der Waals surface area contributed by atoms with E-state index in [1.54, 1.807) is 18.2 Å². The summed E-state index contributed by atoms with van der Waals surface area (Å²) in [6.07, 6.45) is 1.84.